The number of rotatable bonds is 8. The Kier molecular flexibility index (Phi) is 7.36. The number of nitrogens with zero attached hydrogens (tertiary/aromatic N) is 2. The third-order valence-electron chi connectivity index (χ3n) is 6.30. The number of hydrogen-bond donors (Lipinski definition) is 0. The number of allylic oxidation sites excluding steroid dienone is 2. The maximum absolute atomic E-state index is 12.2. The number of carbonyl (C=O) groups excluding carboxylic acids is 1. The fourth-order valence-corrected chi connectivity index (χ4v) is 4.61. The molecule has 0 aliphatic carbocycles. The summed E-state index contributed by atoms with van der Waals surface area (Å²) in [6.45, 7) is 4.87. The molecule has 0 amide bonds. The Hall–Kier alpha value is -3.26. The van der Waals surface area contributed by atoms with E-state index in [0.29, 0.717) is 17.1 Å². The summed E-state index contributed by atoms with van der Waals surface area (Å²) >= 11 is 0. The van der Waals surface area contributed by atoms with Gasteiger partial charge in [0.15, 0.2) is 11.5 Å². The van der Waals surface area contributed by atoms with E-state index in [4.69, 9.17) is 9.47 Å². The van der Waals surface area contributed by atoms with Gasteiger partial charge >= 0.3 is 0 Å². The van der Waals surface area contributed by atoms with E-state index in [1.165, 1.54) is 5.56 Å². The fraction of sp³-hybridized carbons (Fsp3) is 0.385. The first kappa shape index (κ1) is 22.4. The van der Waals surface area contributed by atoms with E-state index >= 15 is 0 Å². The van der Waals surface area contributed by atoms with Crippen LogP contribution in [0.4, 0.5) is 0 Å². The highest BCUT2D eigenvalue weighted by molar-refractivity contribution is 5.78. The maximum atomic E-state index is 12.2. The van der Waals surface area contributed by atoms with E-state index in [2.05, 4.69) is 30.0 Å². The van der Waals surface area contributed by atoms with E-state index in [9.17, 15) is 10.1 Å². The normalized spacial score (nSPS) is 20.9. The van der Waals surface area contributed by atoms with Gasteiger partial charge in [-0.25, -0.2) is 0 Å². The first-order valence-electron chi connectivity index (χ1n) is 10.6. The quantitative estimate of drug-likeness (QED) is 0.580. The monoisotopic (exact) mass is 418 g/mol. The molecule has 0 fully saturated rings. The highest BCUT2D eigenvalue weighted by Crippen LogP contribution is 2.43. The lowest BCUT2D eigenvalue weighted by atomic mass is 9.74. The third-order valence-corrected chi connectivity index (χ3v) is 6.30. The average molecular weight is 419 g/mol. The molecule has 2 aromatic rings. The van der Waals surface area contributed by atoms with Gasteiger partial charge in [0, 0.05) is 29.8 Å². The van der Waals surface area contributed by atoms with Gasteiger partial charge in [-0.3, -0.25) is 4.79 Å². The zero-order chi connectivity index (χ0) is 22.4. The van der Waals surface area contributed by atoms with Crippen LogP contribution in [0.1, 0.15) is 37.3 Å². The molecular formula is C26H30N2O3. The minimum absolute atomic E-state index is 0.0115. The van der Waals surface area contributed by atoms with Crippen molar-refractivity contribution in [3.05, 3.63) is 70.9 Å². The SMILES string of the molecule is COc1ccc(C2C(C=O)=C(C)N(CCCc3ccccc3)C(C)C2C#N)cc1OC. The molecule has 0 radical (unpaired) electrons. The molecule has 0 saturated heterocycles. The second-order valence-electron chi connectivity index (χ2n) is 7.93. The first-order chi connectivity index (χ1) is 15.0. The standard InChI is InChI=1S/C26H30N2O3/c1-18-22(16-27)26(21-12-13-24(30-3)25(15-21)31-4)23(17-29)19(2)28(18)14-8-11-20-9-6-5-7-10-20/h5-7,9-10,12-13,15,17-18,22,26H,8,11,14H2,1-4H3. The van der Waals surface area contributed by atoms with Crippen molar-refractivity contribution in [3.63, 3.8) is 0 Å². The predicted octanol–water partition coefficient (Wildman–Crippen LogP) is 4.74. The third kappa shape index (κ3) is 4.59. The van der Waals surface area contributed by atoms with Crippen molar-refractivity contribution in [2.45, 2.75) is 38.6 Å². The molecule has 2 aromatic carbocycles. The molecule has 3 atom stereocenters. The van der Waals surface area contributed by atoms with Crippen LogP contribution >= 0.6 is 0 Å². The van der Waals surface area contributed by atoms with Crippen LogP contribution in [-0.2, 0) is 11.2 Å². The molecule has 1 aliphatic rings. The van der Waals surface area contributed by atoms with Crippen molar-refractivity contribution in [1.82, 2.24) is 4.90 Å². The van der Waals surface area contributed by atoms with Crippen molar-refractivity contribution < 1.29 is 14.3 Å². The van der Waals surface area contributed by atoms with Crippen molar-refractivity contribution in [1.29, 1.82) is 5.26 Å². The molecule has 5 nitrogen and oxygen atoms in total. The molecule has 0 bridgehead atoms. The van der Waals surface area contributed by atoms with Crippen LogP contribution < -0.4 is 9.47 Å². The second kappa shape index (κ2) is 10.2. The smallest absolute Gasteiger partial charge is 0.161 e. The number of carbonyl (C=O) groups is 1. The molecule has 162 valence electrons. The van der Waals surface area contributed by atoms with Gasteiger partial charge in [-0.15, -0.1) is 0 Å². The Morgan fingerprint density at radius 3 is 2.42 bits per heavy atom. The Bertz CT molecular complexity index is 978. The van der Waals surface area contributed by atoms with E-state index in [1.54, 1.807) is 14.2 Å². The van der Waals surface area contributed by atoms with Gasteiger partial charge in [0.05, 0.1) is 26.2 Å². The predicted molar refractivity (Wildman–Crippen MR) is 121 cm³/mol. The lowest BCUT2D eigenvalue weighted by Crippen LogP contribution is -2.45. The van der Waals surface area contributed by atoms with Crippen LogP contribution in [0.25, 0.3) is 0 Å². The summed E-state index contributed by atoms with van der Waals surface area (Å²) in [5.74, 6) is 0.568. The Labute approximate surface area is 184 Å². The highest BCUT2D eigenvalue weighted by Gasteiger charge is 2.40. The first-order valence-corrected chi connectivity index (χ1v) is 10.6. The number of hydrogen-bond acceptors (Lipinski definition) is 5. The van der Waals surface area contributed by atoms with E-state index in [0.717, 1.165) is 36.9 Å². The molecule has 1 heterocycles. The summed E-state index contributed by atoms with van der Waals surface area (Å²) in [6.07, 6.45) is 2.83. The average Bonchev–Trinajstić information content (AvgIpc) is 2.81. The lowest BCUT2D eigenvalue weighted by Gasteiger charge is -2.43. The van der Waals surface area contributed by atoms with Crippen molar-refractivity contribution >= 4 is 6.29 Å². The van der Waals surface area contributed by atoms with Gasteiger partial charge in [-0.05, 0) is 49.9 Å². The van der Waals surface area contributed by atoms with Crippen LogP contribution in [0.15, 0.2) is 59.8 Å². The largest absolute Gasteiger partial charge is 0.493 e. The van der Waals surface area contributed by atoms with Crippen LogP contribution in [0, 0.1) is 17.2 Å². The number of nitriles is 1. The van der Waals surface area contributed by atoms with E-state index < -0.39 is 0 Å². The van der Waals surface area contributed by atoms with Crippen LogP contribution in [0.3, 0.4) is 0 Å². The number of aldehydes is 1. The number of aryl methyl sites for hydroxylation is 1. The van der Waals surface area contributed by atoms with E-state index in [-0.39, 0.29) is 17.9 Å². The summed E-state index contributed by atoms with van der Waals surface area (Å²) in [6, 6.07) is 18.5. The molecule has 31 heavy (non-hydrogen) atoms. The molecule has 5 heteroatoms. The summed E-state index contributed by atoms with van der Waals surface area (Å²) in [4.78, 5) is 14.4. The van der Waals surface area contributed by atoms with Crippen LogP contribution in [0.2, 0.25) is 0 Å². The van der Waals surface area contributed by atoms with Gasteiger partial charge in [0.2, 0.25) is 0 Å². The molecule has 0 spiro atoms. The Morgan fingerprint density at radius 1 is 1.10 bits per heavy atom. The van der Waals surface area contributed by atoms with E-state index in [1.807, 2.05) is 43.3 Å². The summed E-state index contributed by atoms with van der Waals surface area (Å²) in [5.41, 5.74) is 3.80. The van der Waals surface area contributed by atoms with Gasteiger partial charge < -0.3 is 14.4 Å². The lowest BCUT2D eigenvalue weighted by molar-refractivity contribution is -0.105. The van der Waals surface area contributed by atoms with Gasteiger partial charge in [-0.1, -0.05) is 36.4 Å². The molecule has 0 N–H and O–H groups in total. The zero-order valence-electron chi connectivity index (χ0n) is 18.7. The Balaban J connectivity index is 1.91. The molecule has 1 aliphatic heterocycles. The molecule has 3 unspecified atom stereocenters. The summed E-state index contributed by atoms with van der Waals surface area (Å²) in [7, 11) is 3.18. The molecule has 0 saturated carbocycles. The van der Waals surface area contributed by atoms with Gasteiger partial charge in [-0.2, -0.15) is 5.26 Å². The Morgan fingerprint density at radius 2 is 1.81 bits per heavy atom. The summed E-state index contributed by atoms with van der Waals surface area (Å²) < 4.78 is 10.8. The maximum Gasteiger partial charge on any atom is 0.161 e. The molecule has 0 aromatic heterocycles. The molecular weight excluding hydrogens is 388 g/mol. The van der Waals surface area contributed by atoms with Gasteiger partial charge in [0.1, 0.15) is 6.29 Å². The fourth-order valence-electron chi connectivity index (χ4n) is 4.61. The van der Waals surface area contributed by atoms with Crippen molar-refractivity contribution in [2.75, 3.05) is 20.8 Å². The number of ether oxygens (including phenoxy) is 2. The second-order valence-corrected chi connectivity index (χ2v) is 7.93. The summed E-state index contributed by atoms with van der Waals surface area (Å²) in [5, 5.41) is 10.1. The van der Waals surface area contributed by atoms with Crippen molar-refractivity contribution in [2.24, 2.45) is 5.92 Å². The topological polar surface area (TPSA) is 62.6 Å². The highest BCUT2D eigenvalue weighted by atomic mass is 16.5. The van der Waals surface area contributed by atoms with Crippen LogP contribution in [-0.4, -0.2) is 38.0 Å². The number of benzene rings is 2. The van der Waals surface area contributed by atoms with Crippen LogP contribution in [0.5, 0.6) is 11.5 Å². The van der Waals surface area contributed by atoms with Gasteiger partial charge in [0.25, 0.3) is 0 Å². The van der Waals surface area contributed by atoms with Crippen molar-refractivity contribution in [3.8, 4) is 17.6 Å². The minimum Gasteiger partial charge on any atom is -0.493 e. The molecule has 3 rings (SSSR count). The zero-order valence-corrected chi connectivity index (χ0v) is 18.7. The number of methoxy groups -OCH3 is 2. The minimum atomic E-state index is -0.348.